The van der Waals surface area contributed by atoms with Gasteiger partial charge in [-0.1, -0.05) is 25.7 Å². The summed E-state index contributed by atoms with van der Waals surface area (Å²) in [4.78, 5) is 23.7. The molecule has 6 heteroatoms. The zero-order valence-electron chi connectivity index (χ0n) is 11.7. The van der Waals surface area contributed by atoms with E-state index in [1.807, 2.05) is 6.92 Å². The predicted octanol–water partition coefficient (Wildman–Crippen LogP) is 2.47. The van der Waals surface area contributed by atoms with E-state index in [0.29, 0.717) is 18.7 Å². The number of H-pyrrole nitrogens is 1. The third kappa shape index (κ3) is 3.37. The van der Waals surface area contributed by atoms with E-state index in [2.05, 4.69) is 15.5 Å². The van der Waals surface area contributed by atoms with Crippen molar-refractivity contribution >= 4 is 17.7 Å². The van der Waals surface area contributed by atoms with Gasteiger partial charge in [-0.05, 0) is 19.8 Å². The monoisotopic (exact) mass is 279 g/mol. The highest BCUT2D eigenvalue weighted by Crippen LogP contribution is 2.38. The first-order valence-corrected chi connectivity index (χ1v) is 7.07. The van der Waals surface area contributed by atoms with E-state index in [1.54, 1.807) is 6.07 Å². The van der Waals surface area contributed by atoms with Gasteiger partial charge in [0.15, 0.2) is 5.82 Å². The number of carbonyl (C=O) groups is 2. The van der Waals surface area contributed by atoms with Gasteiger partial charge in [0.05, 0.1) is 5.41 Å². The quantitative estimate of drug-likeness (QED) is 0.738. The van der Waals surface area contributed by atoms with Crippen molar-refractivity contribution in [3.63, 3.8) is 0 Å². The molecular weight excluding hydrogens is 258 g/mol. The molecule has 1 amide bonds. The zero-order valence-corrected chi connectivity index (χ0v) is 11.7. The van der Waals surface area contributed by atoms with Crippen molar-refractivity contribution in [3.05, 3.63) is 11.8 Å². The van der Waals surface area contributed by atoms with E-state index in [0.717, 1.165) is 31.4 Å². The third-order valence-corrected chi connectivity index (χ3v) is 3.99. The maximum absolute atomic E-state index is 12.1. The van der Waals surface area contributed by atoms with Crippen LogP contribution in [-0.2, 0) is 9.59 Å². The van der Waals surface area contributed by atoms with E-state index in [1.165, 1.54) is 0 Å². The Hall–Kier alpha value is -1.85. The number of aromatic nitrogens is 2. The van der Waals surface area contributed by atoms with Crippen LogP contribution in [0, 0.1) is 12.3 Å². The Labute approximate surface area is 118 Å². The Morgan fingerprint density at radius 3 is 2.50 bits per heavy atom. The molecule has 2 rings (SSSR count). The number of carboxylic acid groups (broad SMARTS) is 1. The van der Waals surface area contributed by atoms with Crippen LogP contribution in [0.3, 0.4) is 0 Å². The van der Waals surface area contributed by atoms with Gasteiger partial charge in [-0.15, -0.1) is 0 Å². The molecule has 0 aromatic carbocycles. The van der Waals surface area contributed by atoms with Gasteiger partial charge in [0, 0.05) is 18.2 Å². The van der Waals surface area contributed by atoms with Crippen LogP contribution < -0.4 is 5.32 Å². The Bertz CT molecular complexity index is 488. The molecule has 1 aromatic rings. The van der Waals surface area contributed by atoms with E-state index in [9.17, 15) is 14.7 Å². The number of nitrogens with one attached hydrogen (secondary N) is 2. The van der Waals surface area contributed by atoms with E-state index >= 15 is 0 Å². The highest BCUT2D eigenvalue weighted by Gasteiger charge is 2.40. The van der Waals surface area contributed by atoms with Gasteiger partial charge in [0.25, 0.3) is 0 Å². The number of aliphatic carboxylic acids is 1. The van der Waals surface area contributed by atoms with E-state index < -0.39 is 11.4 Å². The van der Waals surface area contributed by atoms with Gasteiger partial charge >= 0.3 is 5.97 Å². The molecule has 20 heavy (non-hydrogen) atoms. The van der Waals surface area contributed by atoms with Crippen molar-refractivity contribution in [1.29, 1.82) is 0 Å². The van der Waals surface area contributed by atoms with Gasteiger partial charge in [0.2, 0.25) is 5.91 Å². The molecular formula is C14H21N3O3. The fourth-order valence-electron chi connectivity index (χ4n) is 2.85. The van der Waals surface area contributed by atoms with Crippen LogP contribution in [-0.4, -0.2) is 27.2 Å². The van der Waals surface area contributed by atoms with E-state index in [-0.39, 0.29) is 12.3 Å². The Morgan fingerprint density at radius 1 is 1.35 bits per heavy atom. The molecule has 1 fully saturated rings. The Morgan fingerprint density at radius 2 is 2.00 bits per heavy atom. The standard InChI is InChI=1S/C14H21N3O3/c1-10-8-11(17-16-10)15-12(18)9-14(13(19)20)6-4-2-3-5-7-14/h8H,2-7,9H2,1H3,(H,19,20)(H2,15,16,17,18). The SMILES string of the molecule is Cc1cc(NC(=O)CC2(C(=O)O)CCCCCC2)n[nH]1. The summed E-state index contributed by atoms with van der Waals surface area (Å²) in [6.07, 6.45) is 5.03. The largest absolute Gasteiger partial charge is 0.481 e. The van der Waals surface area contributed by atoms with Crippen molar-refractivity contribution in [2.24, 2.45) is 5.41 Å². The van der Waals surface area contributed by atoms with Gasteiger partial charge in [0.1, 0.15) is 0 Å². The number of rotatable bonds is 4. The third-order valence-electron chi connectivity index (χ3n) is 3.99. The molecule has 1 saturated carbocycles. The molecule has 0 spiro atoms. The lowest BCUT2D eigenvalue weighted by atomic mass is 9.77. The number of hydrogen-bond acceptors (Lipinski definition) is 3. The number of aryl methyl sites for hydroxylation is 1. The average Bonchev–Trinajstić information content (AvgIpc) is 2.64. The summed E-state index contributed by atoms with van der Waals surface area (Å²) in [5.41, 5.74) is -0.0610. The molecule has 1 aliphatic carbocycles. The molecule has 1 heterocycles. The van der Waals surface area contributed by atoms with Crippen molar-refractivity contribution in [2.75, 3.05) is 5.32 Å². The van der Waals surface area contributed by atoms with Crippen LogP contribution in [0.1, 0.15) is 50.6 Å². The normalized spacial score (nSPS) is 18.2. The molecule has 0 aliphatic heterocycles. The highest BCUT2D eigenvalue weighted by atomic mass is 16.4. The van der Waals surface area contributed by atoms with Crippen LogP contribution in [0.25, 0.3) is 0 Å². The van der Waals surface area contributed by atoms with Gasteiger partial charge < -0.3 is 10.4 Å². The smallest absolute Gasteiger partial charge is 0.310 e. The lowest BCUT2D eigenvalue weighted by Crippen LogP contribution is -2.35. The molecule has 0 unspecified atom stereocenters. The van der Waals surface area contributed by atoms with Crippen molar-refractivity contribution < 1.29 is 14.7 Å². The maximum atomic E-state index is 12.1. The first-order chi connectivity index (χ1) is 9.52. The number of amides is 1. The second-order valence-corrected chi connectivity index (χ2v) is 5.66. The molecule has 1 aliphatic rings. The van der Waals surface area contributed by atoms with Crippen molar-refractivity contribution in [3.8, 4) is 0 Å². The molecule has 110 valence electrons. The fourth-order valence-corrected chi connectivity index (χ4v) is 2.85. The molecule has 0 radical (unpaired) electrons. The number of carboxylic acids is 1. The summed E-state index contributed by atoms with van der Waals surface area (Å²) in [5, 5.41) is 18.9. The lowest BCUT2D eigenvalue weighted by molar-refractivity contribution is -0.152. The summed E-state index contributed by atoms with van der Waals surface area (Å²) in [6.45, 7) is 1.84. The number of aromatic amines is 1. The summed E-state index contributed by atoms with van der Waals surface area (Å²) < 4.78 is 0. The number of carbonyl (C=O) groups excluding carboxylic acids is 1. The summed E-state index contributed by atoms with van der Waals surface area (Å²) in [6, 6.07) is 1.72. The number of nitrogens with zero attached hydrogens (tertiary/aromatic N) is 1. The minimum absolute atomic E-state index is 0.0221. The molecule has 0 saturated heterocycles. The highest BCUT2D eigenvalue weighted by molar-refractivity contribution is 5.93. The Balaban J connectivity index is 2.03. The first-order valence-electron chi connectivity index (χ1n) is 7.07. The van der Waals surface area contributed by atoms with Crippen LogP contribution in [0.5, 0.6) is 0 Å². The first kappa shape index (κ1) is 14.6. The average molecular weight is 279 g/mol. The molecule has 6 nitrogen and oxygen atoms in total. The molecule has 0 bridgehead atoms. The number of hydrogen-bond donors (Lipinski definition) is 3. The topological polar surface area (TPSA) is 95.1 Å². The van der Waals surface area contributed by atoms with Crippen LogP contribution in [0.4, 0.5) is 5.82 Å². The minimum Gasteiger partial charge on any atom is -0.481 e. The second-order valence-electron chi connectivity index (χ2n) is 5.66. The summed E-state index contributed by atoms with van der Waals surface area (Å²) >= 11 is 0. The predicted molar refractivity (Wildman–Crippen MR) is 74.3 cm³/mol. The van der Waals surface area contributed by atoms with Crippen LogP contribution >= 0.6 is 0 Å². The lowest BCUT2D eigenvalue weighted by Gasteiger charge is -2.27. The second kappa shape index (κ2) is 6.07. The summed E-state index contributed by atoms with van der Waals surface area (Å²) in [7, 11) is 0. The minimum atomic E-state index is -0.911. The van der Waals surface area contributed by atoms with Gasteiger partial charge in [-0.25, -0.2) is 0 Å². The van der Waals surface area contributed by atoms with Crippen LogP contribution in [0.2, 0.25) is 0 Å². The van der Waals surface area contributed by atoms with Crippen molar-refractivity contribution in [2.45, 2.75) is 51.9 Å². The summed E-state index contributed by atoms with van der Waals surface area (Å²) in [5.74, 6) is -0.685. The molecule has 3 N–H and O–H groups in total. The van der Waals surface area contributed by atoms with Crippen LogP contribution in [0.15, 0.2) is 6.07 Å². The van der Waals surface area contributed by atoms with Gasteiger partial charge in [-0.3, -0.25) is 14.7 Å². The fraction of sp³-hybridized carbons (Fsp3) is 0.643. The molecule has 0 atom stereocenters. The zero-order chi connectivity index (χ0) is 14.6. The Kier molecular flexibility index (Phi) is 4.42. The maximum Gasteiger partial charge on any atom is 0.310 e. The van der Waals surface area contributed by atoms with E-state index in [4.69, 9.17) is 0 Å². The van der Waals surface area contributed by atoms with Crippen molar-refractivity contribution in [1.82, 2.24) is 10.2 Å². The number of anilines is 1. The molecule has 1 aromatic heterocycles. The van der Waals surface area contributed by atoms with Gasteiger partial charge in [-0.2, -0.15) is 5.10 Å².